The zero-order valence-corrected chi connectivity index (χ0v) is 9.03. The topological polar surface area (TPSA) is 73.6 Å². The number of likely N-dealkylation sites (N-methyl/N-ethyl adjacent to an activating group) is 1. The molecule has 5 nitrogen and oxygen atoms in total. The molecule has 1 atom stereocenters. The minimum Gasteiger partial charge on any atom is -0.454 e. The van der Waals surface area contributed by atoms with Crippen LogP contribution in [-0.4, -0.2) is 26.3 Å². The number of fused-ring (bicyclic) bond motifs is 1. The molecule has 86 valence electrons. The lowest BCUT2D eigenvalue weighted by atomic mass is 9.98. The van der Waals surface area contributed by atoms with Crippen LogP contribution in [0.3, 0.4) is 0 Å². The van der Waals surface area contributed by atoms with Gasteiger partial charge in [-0.05, 0) is 17.7 Å². The van der Waals surface area contributed by atoms with Gasteiger partial charge in [-0.1, -0.05) is 6.07 Å². The molecule has 1 aromatic carbocycles. The normalized spacial score (nSPS) is 14.6. The molecule has 1 unspecified atom stereocenters. The van der Waals surface area contributed by atoms with Crippen LogP contribution in [0.1, 0.15) is 11.5 Å². The van der Waals surface area contributed by atoms with Gasteiger partial charge in [0.1, 0.15) is 0 Å². The second kappa shape index (κ2) is 4.40. The third kappa shape index (κ3) is 1.81. The molecule has 1 amide bonds. The summed E-state index contributed by atoms with van der Waals surface area (Å²) in [5, 5.41) is 2.59. The highest BCUT2D eigenvalue weighted by Crippen LogP contribution is 2.34. The van der Waals surface area contributed by atoms with Crippen LogP contribution in [0.15, 0.2) is 18.2 Å². The molecular formula is C11H14N2O3. The van der Waals surface area contributed by atoms with Gasteiger partial charge >= 0.3 is 0 Å². The van der Waals surface area contributed by atoms with Gasteiger partial charge in [-0.3, -0.25) is 4.79 Å². The molecule has 0 spiro atoms. The van der Waals surface area contributed by atoms with Crippen molar-refractivity contribution in [3.63, 3.8) is 0 Å². The van der Waals surface area contributed by atoms with Crippen molar-refractivity contribution in [1.29, 1.82) is 0 Å². The summed E-state index contributed by atoms with van der Waals surface area (Å²) in [5.74, 6) is 0.928. The first-order valence-electron chi connectivity index (χ1n) is 5.07. The number of nitrogens with one attached hydrogen (secondary N) is 1. The number of rotatable bonds is 3. The standard InChI is InChI=1S/C11H14N2O3/c1-13-11(14)8(5-12)7-2-3-9-10(4-7)16-6-15-9/h2-4,8H,5-6,12H2,1H3,(H,13,14). The largest absolute Gasteiger partial charge is 0.454 e. The SMILES string of the molecule is CNC(=O)C(CN)c1ccc2c(c1)OCO2. The Labute approximate surface area is 93.5 Å². The van der Waals surface area contributed by atoms with Crippen molar-refractivity contribution in [2.45, 2.75) is 5.92 Å². The summed E-state index contributed by atoms with van der Waals surface area (Å²) in [6, 6.07) is 5.43. The van der Waals surface area contributed by atoms with E-state index in [1.165, 1.54) is 0 Å². The number of hydrogen-bond acceptors (Lipinski definition) is 4. The molecule has 0 aromatic heterocycles. The first-order chi connectivity index (χ1) is 7.76. The smallest absolute Gasteiger partial charge is 0.231 e. The van der Waals surface area contributed by atoms with E-state index in [1.54, 1.807) is 19.2 Å². The van der Waals surface area contributed by atoms with Crippen LogP contribution in [0, 0.1) is 0 Å². The van der Waals surface area contributed by atoms with Gasteiger partial charge < -0.3 is 20.5 Å². The van der Waals surface area contributed by atoms with E-state index in [0.717, 1.165) is 5.56 Å². The lowest BCUT2D eigenvalue weighted by Crippen LogP contribution is -2.30. The van der Waals surface area contributed by atoms with Crippen LogP contribution < -0.4 is 20.5 Å². The number of ether oxygens (including phenoxy) is 2. The highest BCUT2D eigenvalue weighted by Gasteiger charge is 2.21. The molecular weight excluding hydrogens is 208 g/mol. The minimum absolute atomic E-state index is 0.0960. The fourth-order valence-electron chi connectivity index (χ4n) is 1.70. The minimum atomic E-state index is -0.348. The summed E-state index contributed by atoms with van der Waals surface area (Å²) in [7, 11) is 1.60. The Morgan fingerprint density at radius 1 is 1.50 bits per heavy atom. The van der Waals surface area contributed by atoms with Gasteiger partial charge in [-0.25, -0.2) is 0 Å². The second-order valence-electron chi connectivity index (χ2n) is 3.52. The molecule has 0 radical (unpaired) electrons. The summed E-state index contributed by atoms with van der Waals surface area (Å²) in [6.07, 6.45) is 0. The van der Waals surface area contributed by atoms with Crippen molar-refractivity contribution in [3.8, 4) is 11.5 Å². The van der Waals surface area contributed by atoms with Crippen LogP contribution >= 0.6 is 0 Å². The van der Waals surface area contributed by atoms with E-state index >= 15 is 0 Å². The zero-order valence-electron chi connectivity index (χ0n) is 9.03. The number of amides is 1. The maximum atomic E-state index is 11.6. The second-order valence-corrected chi connectivity index (χ2v) is 3.52. The monoisotopic (exact) mass is 222 g/mol. The highest BCUT2D eigenvalue weighted by molar-refractivity contribution is 5.83. The third-order valence-corrected chi connectivity index (χ3v) is 2.60. The number of hydrogen-bond donors (Lipinski definition) is 2. The summed E-state index contributed by atoms with van der Waals surface area (Å²) in [6.45, 7) is 0.491. The number of benzene rings is 1. The zero-order chi connectivity index (χ0) is 11.5. The Morgan fingerprint density at radius 3 is 2.94 bits per heavy atom. The van der Waals surface area contributed by atoms with Gasteiger partial charge in [-0.15, -0.1) is 0 Å². The predicted molar refractivity (Wildman–Crippen MR) is 58.4 cm³/mol. The molecule has 0 fully saturated rings. The lowest BCUT2D eigenvalue weighted by molar-refractivity contribution is -0.121. The molecule has 1 aliphatic heterocycles. The maximum absolute atomic E-state index is 11.6. The first-order valence-corrected chi connectivity index (χ1v) is 5.07. The summed E-state index contributed by atoms with van der Waals surface area (Å²) >= 11 is 0. The first kappa shape index (κ1) is 10.8. The van der Waals surface area contributed by atoms with Gasteiger partial charge in [0.2, 0.25) is 12.7 Å². The van der Waals surface area contributed by atoms with Crippen molar-refractivity contribution < 1.29 is 14.3 Å². The van der Waals surface area contributed by atoms with Crippen molar-refractivity contribution in [1.82, 2.24) is 5.32 Å². The van der Waals surface area contributed by atoms with Gasteiger partial charge in [0.05, 0.1) is 5.92 Å². The van der Waals surface area contributed by atoms with Crippen molar-refractivity contribution in [2.24, 2.45) is 5.73 Å². The van der Waals surface area contributed by atoms with E-state index in [0.29, 0.717) is 11.5 Å². The molecule has 1 aromatic rings. The molecule has 3 N–H and O–H groups in total. The average molecular weight is 222 g/mol. The van der Waals surface area contributed by atoms with E-state index in [9.17, 15) is 4.79 Å². The quantitative estimate of drug-likeness (QED) is 0.766. The Hall–Kier alpha value is -1.75. The molecule has 5 heteroatoms. The number of carbonyl (C=O) groups excluding carboxylic acids is 1. The molecule has 16 heavy (non-hydrogen) atoms. The fourth-order valence-corrected chi connectivity index (χ4v) is 1.70. The van der Waals surface area contributed by atoms with E-state index in [-0.39, 0.29) is 25.2 Å². The Morgan fingerprint density at radius 2 is 2.25 bits per heavy atom. The molecule has 0 bridgehead atoms. The van der Waals surface area contributed by atoms with Crippen molar-refractivity contribution in [2.75, 3.05) is 20.4 Å². The summed E-state index contributed by atoms with van der Waals surface area (Å²) < 4.78 is 10.5. The summed E-state index contributed by atoms with van der Waals surface area (Å²) in [5.41, 5.74) is 6.43. The lowest BCUT2D eigenvalue weighted by Gasteiger charge is -2.13. The number of nitrogens with two attached hydrogens (primary N) is 1. The van der Waals surface area contributed by atoms with E-state index in [4.69, 9.17) is 15.2 Å². The van der Waals surface area contributed by atoms with E-state index < -0.39 is 0 Å². The van der Waals surface area contributed by atoms with E-state index in [2.05, 4.69) is 5.32 Å². The molecule has 0 saturated heterocycles. The number of carbonyl (C=O) groups is 1. The fraction of sp³-hybridized carbons (Fsp3) is 0.364. The third-order valence-electron chi connectivity index (χ3n) is 2.60. The van der Waals surface area contributed by atoms with Crippen LogP contribution in [0.25, 0.3) is 0 Å². The maximum Gasteiger partial charge on any atom is 0.231 e. The molecule has 1 aliphatic rings. The Kier molecular flexibility index (Phi) is 2.96. The molecule has 0 aliphatic carbocycles. The van der Waals surface area contributed by atoms with Crippen LogP contribution in [-0.2, 0) is 4.79 Å². The summed E-state index contributed by atoms with van der Waals surface area (Å²) in [4.78, 5) is 11.6. The van der Waals surface area contributed by atoms with Crippen LogP contribution in [0.5, 0.6) is 11.5 Å². The molecule has 0 saturated carbocycles. The van der Waals surface area contributed by atoms with Crippen molar-refractivity contribution >= 4 is 5.91 Å². The average Bonchev–Trinajstić information content (AvgIpc) is 2.77. The predicted octanol–water partition coefficient (Wildman–Crippen LogP) is 0.204. The van der Waals surface area contributed by atoms with Crippen LogP contribution in [0.2, 0.25) is 0 Å². The Balaban J connectivity index is 2.29. The molecule has 1 heterocycles. The van der Waals surface area contributed by atoms with Gasteiger partial charge in [-0.2, -0.15) is 0 Å². The Bertz CT molecular complexity index is 406. The van der Waals surface area contributed by atoms with Crippen LogP contribution in [0.4, 0.5) is 0 Å². The molecule has 2 rings (SSSR count). The van der Waals surface area contributed by atoms with Gasteiger partial charge in [0, 0.05) is 13.6 Å². The van der Waals surface area contributed by atoms with Crippen molar-refractivity contribution in [3.05, 3.63) is 23.8 Å². The van der Waals surface area contributed by atoms with Gasteiger partial charge in [0.15, 0.2) is 11.5 Å². The van der Waals surface area contributed by atoms with Gasteiger partial charge in [0.25, 0.3) is 0 Å². The highest BCUT2D eigenvalue weighted by atomic mass is 16.7. The van der Waals surface area contributed by atoms with E-state index in [1.807, 2.05) is 6.07 Å².